The van der Waals surface area contributed by atoms with Crippen molar-refractivity contribution in [2.24, 2.45) is 5.10 Å². The van der Waals surface area contributed by atoms with Crippen LogP contribution in [0.5, 0.6) is 0 Å². The Bertz CT molecular complexity index is 1420. The van der Waals surface area contributed by atoms with Crippen LogP contribution >= 0.6 is 0 Å². The van der Waals surface area contributed by atoms with Crippen molar-refractivity contribution in [3.05, 3.63) is 101 Å². The van der Waals surface area contributed by atoms with Gasteiger partial charge in [-0.15, -0.1) is 0 Å². The highest BCUT2D eigenvalue weighted by molar-refractivity contribution is 5.80. The van der Waals surface area contributed by atoms with Crippen LogP contribution in [0, 0.1) is 17.5 Å². The van der Waals surface area contributed by atoms with E-state index in [-0.39, 0.29) is 17.0 Å². The first kappa shape index (κ1) is 22.7. The Labute approximate surface area is 195 Å². The summed E-state index contributed by atoms with van der Waals surface area (Å²) >= 11 is 0. The SMILES string of the molecule is Fc1cc(C(F)(F)F)ccc1-c1ccc(CN2Cc3nc(-c4cccc(F)c4F)[nH]c3C=N2)cc1. The molecule has 0 amide bonds. The lowest BCUT2D eigenvalue weighted by atomic mass is 10.0. The Kier molecular flexibility index (Phi) is 5.58. The molecule has 0 bridgehead atoms. The summed E-state index contributed by atoms with van der Waals surface area (Å²) in [5.74, 6) is -2.71. The van der Waals surface area contributed by atoms with Crippen molar-refractivity contribution in [1.29, 1.82) is 0 Å². The first-order valence-electron chi connectivity index (χ1n) is 10.5. The topological polar surface area (TPSA) is 44.3 Å². The number of halogens is 6. The quantitative estimate of drug-likeness (QED) is 0.334. The fourth-order valence-corrected chi connectivity index (χ4v) is 3.84. The number of hydrogen-bond acceptors (Lipinski definition) is 3. The van der Waals surface area contributed by atoms with Gasteiger partial charge in [-0.2, -0.15) is 18.3 Å². The summed E-state index contributed by atoms with van der Waals surface area (Å²) < 4.78 is 80.3. The number of nitrogens with zero attached hydrogens (tertiary/aromatic N) is 3. The number of nitrogens with one attached hydrogen (secondary N) is 1. The first-order chi connectivity index (χ1) is 16.7. The molecule has 178 valence electrons. The minimum atomic E-state index is -4.61. The minimum absolute atomic E-state index is 0.0189. The number of aromatic nitrogens is 2. The molecule has 0 fully saturated rings. The average Bonchev–Trinajstić information content (AvgIpc) is 3.24. The molecule has 1 aliphatic rings. The van der Waals surface area contributed by atoms with E-state index in [9.17, 15) is 26.3 Å². The van der Waals surface area contributed by atoms with E-state index in [0.717, 1.165) is 23.8 Å². The number of fused-ring (bicyclic) bond motifs is 1. The molecule has 5 rings (SSSR count). The third kappa shape index (κ3) is 4.51. The number of hydrazone groups is 1. The summed E-state index contributed by atoms with van der Waals surface area (Å²) in [6, 6.07) is 13.0. The van der Waals surface area contributed by atoms with Crippen molar-refractivity contribution in [2.75, 3.05) is 0 Å². The molecular weight excluding hydrogens is 470 g/mol. The highest BCUT2D eigenvalue weighted by Gasteiger charge is 2.31. The Morgan fingerprint density at radius 2 is 1.66 bits per heavy atom. The molecule has 0 spiro atoms. The van der Waals surface area contributed by atoms with Crippen LogP contribution in [0.4, 0.5) is 26.3 Å². The predicted molar refractivity (Wildman–Crippen MR) is 118 cm³/mol. The summed E-state index contributed by atoms with van der Waals surface area (Å²) in [4.78, 5) is 7.33. The molecule has 0 saturated heterocycles. The zero-order chi connectivity index (χ0) is 24.7. The smallest absolute Gasteiger partial charge is 0.337 e. The predicted octanol–water partition coefficient (Wildman–Crippen LogP) is 6.53. The highest BCUT2D eigenvalue weighted by atomic mass is 19.4. The van der Waals surface area contributed by atoms with Crippen LogP contribution in [-0.2, 0) is 19.3 Å². The van der Waals surface area contributed by atoms with E-state index in [1.807, 2.05) is 0 Å². The molecule has 1 aliphatic heterocycles. The molecule has 0 radical (unpaired) electrons. The molecule has 0 unspecified atom stereocenters. The van der Waals surface area contributed by atoms with E-state index < -0.39 is 29.2 Å². The van der Waals surface area contributed by atoms with E-state index in [1.54, 1.807) is 35.5 Å². The lowest BCUT2D eigenvalue weighted by Gasteiger charge is -2.21. The summed E-state index contributed by atoms with van der Waals surface area (Å²) in [6.45, 7) is 0.691. The number of imidazole rings is 1. The van der Waals surface area contributed by atoms with Crippen molar-refractivity contribution in [3.63, 3.8) is 0 Å². The third-order valence-electron chi connectivity index (χ3n) is 5.63. The van der Waals surface area contributed by atoms with Crippen molar-refractivity contribution in [2.45, 2.75) is 19.3 Å². The van der Waals surface area contributed by atoms with Gasteiger partial charge in [0.1, 0.15) is 11.6 Å². The van der Waals surface area contributed by atoms with Crippen molar-refractivity contribution in [1.82, 2.24) is 15.0 Å². The van der Waals surface area contributed by atoms with E-state index in [1.165, 1.54) is 12.1 Å². The van der Waals surface area contributed by atoms with Gasteiger partial charge in [0.25, 0.3) is 0 Å². The molecule has 0 saturated carbocycles. The monoisotopic (exact) mass is 486 g/mol. The minimum Gasteiger partial charge on any atom is -0.337 e. The lowest BCUT2D eigenvalue weighted by molar-refractivity contribution is -0.137. The maximum absolute atomic E-state index is 14.3. The summed E-state index contributed by atoms with van der Waals surface area (Å²) in [7, 11) is 0. The second-order valence-corrected chi connectivity index (χ2v) is 8.00. The van der Waals surface area contributed by atoms with Crippen LogP contribution in [0.25, 0.3) is 22.5 Å². The number of alkyl halides is 3. The van der Waals surface area contributed by atoms with Crippen molar-refractivity contribution >= 4 is 6.21 Å². The Hall–Kier alpha value is -4.08. The maximum Gasteiger partial charge on any atom is 0.416 e. The molecule has 0 aliphatic carbocycles. The van der Waals surface area contributed by atoms with Gasteiger partial charge in [-0.3, -0.25) is 5.01 Å². The van der Waals surface area contributed by atoms with Gasteiger partial charge < -0.3 is 4.98 Å². The Balaban J connectivity index is 1.30. The second-order valence-electron chi connectivity index (χ2n) is 8.00. The highest BCUT2D eigenvalue weighted by Crippen LogP contribution is 2.33. The largest absolute Gasteiger partial charge is 0.416 e. The molecule has 35 heavy (non-hydrogen) atoms. The third-order valence-corrected chi connectivity index (χ3v) is 5.63. The molecule has 3 aromatic carbocycles. The Morgan fingerprint density at radius 3 is 2.37 bits per heavy atom. The van der Waals surface area contributed by atoms with E-state index in [0.29, 0.717) is 36.1 Å². The molecule has 0 atom stereocenters. The zero-order valence-electron chi connectivity index (χ0n) is 17.9. The molecule has 4 nitrogen and oxygen atoms in total. The molecular formula is C25H16F6N4. The summed E-state index contributed by atoms with van der Waals surface area (Å²) in [6.07, 6.45) is -3.07. The van der Waals surface area contributed by atoms with E-state index in [2.05, 4.69) is 15.1 Å². The Morgan fingerprint density at radius 1 is 0.886 bits per heavy atom. The molecule has 1 aromatic heterocycles. The van der Waals surface area contributed by atoms with Gasteiger partial charge in [0.15, 0.2) is 11.6 Å². The van der Waals surface area contributed by atoms with Crippen LogP contribution in [0.3, 0.4) is 0 Å². The lowest BCUT2D eigenvalue weighted by Crippen LogP contribution is -2.21. The standard InChI is InChI=1S/C25H16F6N4/c26-19-3-1-2-18(23(19)28)24-33-21-11-32-35(13-22(21)34-24)12-14-4-6-15(7-5-14)17-9-8-16(10-20(17)27)25(29,30)31/h1-11H,12-13H2,(H,33,34). The van der Waals surface area contributed by atoms with E-state index >= 15 is 0 Å². The summed E-state index contributed by atoms with van der Waals surface area (Å²) in [5.41, 5.74) is 1.52. The second kappa shape index (κ2) is 8.61. The van der Waals surface area contributed by atoms with Crippen molar-refractivity contribution < 1.29 is 26.3 Å². The normalized spacial score (nSPS) is 13.3. The van der Waals surface area contributed by atoms with Crippen LogP contribution in [0.2, 0.25) is 0 Å². The van der Waals surface area contributed by atoms with Crippen LogP contribution in [0.15, 0.2) is 65.8 Å². The number of benzene rings is 3. The fraction of sp³-hybridized carbons (Fsp3) is 0.120. The van der Waals surface area contributed by atoms with Crippen LogP contribution in [0.1, 0.15) is 22.5 Å². The van der Waals surface area contributed by atoms with Crippen molar-refractivity contribution in [3.8, 4) is 22.5 Å². The summed E-state index contributed by atoms with van der Waals surface area (Å²) in [5, 5.41) is 6.05. The van der Waals surface area contributed by atoms with Gasteiger partial charge in [0, 0.05) is 5.56 Å². The van der Waals surface area contributed by atoms with Gasteiger partial charge in [0.05, 0.1) is 41.8 Å². The van der Waals surface area contributed by atoms with Gasteiger partial charge in [0.2, 0.25) is 0 Å². The van der Waals surface area contributed by atoms with Gasteiger partial charge in [-0.05, 0) is 35.4 Å². The zero-order valence-corrected chi connectivity index (χ0v) is 17.9. The van der Waals surface area contributed by atoms with E-state index in [4.69, 9.17) is 0 Å². The molecule has 2 heterocycles. The molecule has 10 heteroatoms. The molecule has 4 aromatic rings. The fourth-order valence-electron chi connectivity index (χ4n) is 3.84. The molecule has 1 N–H and O–H groups in total. The van der Waals surface area contributed by atoms with Gasteiger partial charge >= 0.3 is 6.18 Å². The number of H-pyrrole nitrogens is 1. The van der Waals surface area contributed by atoms with Crippen LogP contribution in [-0.4, -0.2) is 21.2 Å². The van der Waals surface area contributed by atoms with Gasteiger partial charge in [-0.25, -0.2) is 18.2 Å². The number of rotatable bonds is 4. The first-order valence-corrected chi connectivity index (χ1v) is 10.5. The maximum atomic E-state index is 14.3. The number of hydrogen-bond donors (Lipinski definition) is 1. The average molecular weight is 486 g/mol. The van der Waals surface area contributed by atoms with Gasteiger partial charge in [-0.1, -0.05) is 36.4 Å². The number of aromatic amines is 1. The van der Waals surface area contributed by atoms with Crippen LogP contribution < -0.4 is 0 Å².